The van der Waals surface area contributed by atoms with Crippen LogP contribution in [0, 0.1) is 0 Å². The Morgan fingerprint density at radius 2 is 1.63 bits per heavy atom. The van der Waals surface area contributed by atoms with E-state index in [1.54, 1.807) is 24.3 Å². The number of primary sulfonamides is 1. The van der Waals surface area contributed by atoms with E-state index in [2.05, 4.69) is 27.2 Å². The molecule has 0 amide bonds. The second-order valence-electron chi connectivity index (χ2n) is 6.84. The number of ether oxygens (including phenoxy) is 1. The van der Waals surface area contributed by atoms with Crippen molar-refractivity contribution in [3.8, 4) is 16.9 Å². The maximum absolute atomic E-state index is 13.6. The van der Waals surface area contributed by atoms with Gasteiger partial charge in [0.1, 0.15) is 22.9 Å². The van der Waals surface area contributed by atoms with E-state index in [9.17, 15) is 21.6 Å². The molecule has 2 aromatic carbocycles. The van der Waals surface area contributed by atoms with Gasteiger partial charge in [-0.3, -0.25) is 0 Å². The lowest BCUT2D eigenvalue weighted by Gasteiger charge is -2.28. The Labute approximate surface area is 170 Å². The minimum Gasteiger partial charge on any atom is -0.488 e. The van der Waals surface area contributed by atoms with Crippen LogP contribution in [0.1, 0.15) is 17.3 Å². The minimum atomic E-state index is -4.91. The molecule has 13 heteroatoms. The summed E-state index contributed by atoms with van der Waals surface area (Å²) in [7, 11) is -4.72. The Kier molecular flexibility index (Phi) is 5.44. The monoisotopic (exact) mass is 444 g/mol. The number of hydrogen-bond donors (Lipinski definition) is 6. The number of sulfonamides is 1. The first-order chi connectivity index (χ1) is 14.1. The molecule has 2 fully saturated rings. The molecule has 0 saturated carbocycles. The van der Waals surface area contributed by atoms with Gasteiger partial charge in [-0.1, -0.05) is 18.2 Å². The van der Waals surface area contributed by atoms with E-state index in [0.717, 1.165) is 19.2 Å². The van der Waals surface area contributed by atoms with Crippen LogP contribution in [0.25, 0.3) is 11.1 Å². The smallest absolute Gasteiger partial charge is 0.417 e. The van der Waals surface area contributed by atoms with Gasteiger partial charge in [-0.2, -0.15) is 24.2 Å². The van der Waals surface area contributed by atoms with E-state index in [-0.39, 0.29) is 17.2 Å². The Bertz CT molecular complexity index is 1040. The van der Waals surface area contributed by atoms with Crippen LogP contribution in [0.4, 0.5) is 13.2 Å². The molecule has 9 nitrogen and oxygen atoms in total. The molecule has 0 bridgehead atoms. The van der Waals surface area contributed by atoms with Gasteiger partial charge in [0, 0.05) is 18.7 Å². The lowest BCUT2D eigenvalue weighted by atomic mass is 9.95. The molecule has 2 aromatic rings. The maximum atomic E-state index is 13.6. The molecule has 0 atom stereocenters. The molecular formula is C17H19F3N6O3S. The number of nitrogens with one attached hydrogen (secondary N) is 5. The van der Waals surface area contributed by atoms with Crippen molar-refractivity contribution in [1.29, 1.82) is 0 Å². The Hall–Kier alpha value is -2.26. The Balaban J connectivity index is 1.84. The zero-order valence-electron chi connectivity index (χ0n) is 15.4. The van der Waals surface area contributed by atoms with Gasteiger partial charge in [-0.15, -0.1) is 0 Å². The fourth-order valence-electron chi connectivity index (χ4n) is 3.32. The highest BCUT2D eigenvalue weighted by Gasteiger charge is 2.40. The Morgan fingerprint density at radius 1 is 1.00 bits per heavy atom. The van der Waals surface area contributed by atoms with Crippen LogP contribution >= 0.6 is 0 Å². The first-order valence-electron chi connectivity index (χ1n) is 8.90. The van der Waals surface area contributed by atoms with Gasteiger partial charge < -0.3 is 10.1 Å². The SMILES string of the molecule is NS(=O)(=O)c1c(C(F)(F)F)ccc(-c2ccc(OC3CNC3)cc2)c1C1NNNN1. The lowest BCUT2D eigenvalue weighted by molar-refractivity contribution is -0.140. The van der Waals surface area contributed by atoms with Crippen molar-refractivity contribution in [2.75, 3.05) is 13.1 Å². The van der Waals surface area contributed by atoms with Crippen LogP contribution < -0.4 is 37.1 Å². The quantitative estimate of drug-likeness (QED) is 0.393. The third-order valence-electron chi connectivity index (χ3n) is 4.78. The van der Waals surface area contributed by atoms with E-state index in [1.807, 2.05) is 0 Å². The van der Waals surface area contributed by atoms with Gasteiger partial charge in [0.2, 0.25) is 10.0 Å². The van der Waals surface area contributed by atoms with Gasteiger partial charge in [0.25, 0.3) is 0 Å². The first kappa shape index (κ1) is 21.0. The van der Waals surface area contributed by atoms with Gasteiger partial charge in [0.05, 0.1) is 5.56 Å². The predicted molar refractivity (Wildman–Crippen MR) is 101 cm³/mol. The van der Waals surface area contributed by atoms with Gasteiger partial charge in [-0.05, 0) is 29.3 Å². The lowest BCUT2D eigenvalue weighted by Crippen LogP contribution is -2.50. The average Bonchev–Trinajstić information content (AvgIpc) is 3.17. The van der Waals surface area contributed by atoms with Gasteiger partial charge >= 0.3 is 6.18 Å². The molecule has 2 aliphatic heterocycles. The van der Waals surface area contributed by atoms with Crippen LogP contribution in [-0.2, 0) is 16.2 Å². The Morgan fingerprint density at radius 3 is 2.13 bits per heavy atom. The molecule has 2 aliphatic rings. The van der Waals surface area contributed by atoms with Crippen LogP contribution in [0.2, 0.25) is 0 Å². The standard InChI is InChI=1S/C17H19F3N6O3S/c18-17(19,20)13-6-5-12(9-1-3-10(4-2-9)29-11-7-22-8-11)14(15(13)30(21,27)28)16-23-25-26-24-16/h1-6,11,16,22-26H,7-8H2,(H2,21,27,28). The molecule has 0 aliphatic carbocycles. The van der Waals surface area contributed by atoms with E-state index < -0.39 is 32.8 Å². The van der Waals surface area contributed by atoms with Crippen molar-refractivity contribution < 1.29 is 26.3 Å². The number of benzene rings is 2. The second kappa shape index (κ2) is 7.77. The van der Waals surface area contributed by atoms with Crippen molar-refractivity contribution in [2.45, 2.75) is 23.3 Å². The van der Waals surface area contributed by atoms with Crippen molar-refractivity contribution in [3.05, 3.63) is 47.5 Å². The minimum absolute atomic E-state index is 0.0653. The number of rotatable bonds is 5. The molecule has 0 aromatic heterocycles. The molecule has 2 heterocycles. The molecule has 30 heavy (non-hydrogen) atoms. The van der Waals surface area contributed by atoms with E-state index in [4.69, 9.17) is 9.88 Å². The highest BCUT2D eigenvalue weighted by Crippen LogP contribution is 2.41. The fourth-order valence-corrected chi connectivity index (χ4v) is 4.34. The summed E-state index contributed by atoms with van der Waals surface area (Å²) in [5, 5.41) is 8.30. The molecule has 4 rings (SSSR count). The maximum Gasteiger partial charge on any atom is 0.417 e. The summed E-state index contributed by atoms with van der Waals surface area (Å²) in [6.45, 7) is 1.48. The van der Waals surface area contributed by atoms with Crippen molar-refractivity contribution in [3.63, 3.8) is 0 Å². The third-order valence-corrected chi connectivity index (χ3v) is 5.79. The van der Waals surface area contributed by atoms with Crippen molar-refractivity contribution in [2.24, 2.45) is 5.14 Å². The van der Waals surface area contributed by atoms with Crippen molar-refractivity contribution in [1.82, 2.24) is 27.2 Å². The van der Waals surface area contributed by atoms with E-state index in [1.165, 1.54) is 6.07 Å². The molecule has 2 saturated heterocycles. The number of nitrogens with two attached hydrogens (primary N) is 1. The van der Waals surface area contributed by atoms with Crippen LogP contribution in [-0.4, -0.2) is 27.6 Å². The summed E-state index contributed by atoms with van der Waals surface area (Å²) in [6, 6.07) is 8.60. The summed E-state index contributed by atoms with van der Waals surface area (Å²) in [5.74, 6) is 0.603. The highest BCUT2D eigenvalue weighted by molar-refractivity contribution is 7.89. The fraction of sp³-hybridized carbons (Fsp3) is 0.294. The number of hydrazine groups is 3. The molecule has 0 unspecified atom stereocenters. The summed E-state index contributed by atoms with van der Waals surface area (Å²) >= 11 is 0. The number of hydrogen-bond acceptors (Lipinski definition) is 8. The molecule has 0 spiro atoms. The number of alkyl halides is 3. The summed E-state index contributed by atoms with van der Waals surface area (Å²) in [5.41, 5.74) is 9.48. The van der Waals surface area contributed by atoms with Crippen LogP contribution in [0.5, 0.6) is 5.75 Å². The molecule has 162 valence electrons. The average molecular weight is 444 g/mol. The number of halogens is 3. The van der Waals surface area contributed by atoms with E-state index in [0.29, 0.717) is 11.3 Å². The van der Waals surface area contributed by atoms with Gasteiger partial charge in [-0.25, -0.2) is 24.4 Å². The summed E-state index contributed by atoms with van der Waals surface area (Å²) in [6.07, 6.45) is -5.86. The van der Waals surface area contributed by atoms with Crippen LogP contribution in [0.3, 0.4) is 0 Å². The first-order valence-corrected chi connectivity index (χ1v) is 10.4. The zero-order valence-corrected chi connectivity index (χ0v) is 16.2. The van der Waals surface area contributed by atoms with Gasteiger partial charge in [0.15, 0.2) is 0 Å². The summed E-state index contributed by atoms with van der Waals surface area (Å²) in [4.78, 5) is -0.996. The topological polar surface area (TPSA) is 130 Å². The molecule has 0 radical (unpaired) electrons. The highest BCUT2D eigenvalue weighted by atomic mass is 32.2. The largest absolute Gasteiger partial charge is 0.488 e. The second-order valence-corrected chi connectivity index (χ2v) is 8.34. The normalized spacial score (nSPS) is 18.4. The molecular weight excluding hydrogens is 425 g/mol. The van der Waals surface area contributed by atoms with Crippen LogP contribution in [0.15, 0.2) is 41.3 Å². The van der Waals surface area contributed by atoms with Crippen molar-refractivity contribution >= 4 is 10.0 Å². The third kappa shape index (κ3) is 4.13. The predicted octanol–water partition coefficient (Wildman–Crippen LogP) is 0.486. The zero-order chi connectivity index (χ0) is 21.5. The summed E-state index contributed by atoms with van der Waals surface area (Å²) < 4.78 is 70.9. The van der Waals surface area contributed by atoms with E-state index >= 15 is 0 Å². The molecule has 7 N–H and O–H groups in total.